The van der Waals surface area contributed by atoms with Crippen molar-refractivity contribution in [3.8, 4) is 17.2 Å². The first kappa shape index (κ1) is 27.6. The Balaban J connectivity index is 1.53. The van der Waals surface area contributed by atoms with E-state index in [2.05, 4.69) is 42.5 Å². The maximum Gasteiger partial charge on any atom is 0.220 e. The number of nitrogens with one attached hydrogen (secondary N) is 1. The molecule has 0 bridgehead atoms. The Hall–Kier alpha value is -3.03. The van der Waals surface area contributed by atoms with Crippen LogP contribution in [0.5, 0.6) is 11.5 Å². The molecule has 9 heteroatoms. The van der Waals surface area contributed by atoms with E-state index in [1.165, 1.54) is 5.57 Å². The lowest BCUT2D eigenvalue weighted by molar-refractivity contribution is -0.122. The van der Waals surface area contributed by atoms with E-state index >= 15 is 0 Å². The molecule has 1 heterocycles. The number of nitrogens with zero attached hydrogens (tertiary/aromatic N) is 3. The summed E-state index contributed by atoms with van der Waals surface area (Å²) >= 11 is 12.2. The number of ether oxygens (including phenoxy) is 2. The Labute approximate surface area is 222 Å². The van der Waals surface area contributed by atoms with Crippen LogP contribution >= 0.6 is 23.2 Å². The number of amides is 1. The largest absolute Gasteiger partial charge is 0.493 e. The van der Waals surface area contributed by atoms with E-state index in [1.807, 2.05) is 18.2 Å². The molecule has 1 aromatic heterocycles. The third-order valence-electron chi connectivity index (χ3n) is 5.54. The van der Waals surface area contributed by atoms with Gasteiger partial charge in [-0.2, -0.15) is 0 Å². The molecule has 0 aliphatic carbocycles. The summed E-state index contributed by atoms with van der Waals surface area (Å²) < 4.78 is 13.0. The lowest BCUT2D eigenvalue weighted by atomic mass is 10.0. The van der Waals surface area contributed by atoms with Gasteiger partial charge >= 0.3 is 0 Å². The van der Waals surface area contributed by atoms with Gasteiger partial charge in [0.25, 0.3) is 0 Å². The predicted molar refractivity (Wildman–Crippen MR) is 143 cm³/mol. The van der Waals surface area contributed by atoms with Gasteiger partial charge in [0.05, 0.1) is 24.0 Å². The van der Waals surface area contributed by atoms with Crippen LogP contribution in [0.2, 0.25) is 10.0 Å². The summed E-state index contributed by atoms with van der Waals surface area (Å²) in [7, 11) is 1.58. The van der Waals surface area contributed by atoms with E-state index in [0.717, 1.165) is 18.4 Å². The van der Waals surface area contributed by atoms with Gasteiger partial charge in [0.2, 0.25) is 5.91 Å². The summed E-state index contributed by atoms with van der Waals surface area (Å²) in [4.78, 5) is 12.3. The number of allylic oxidation sites excluding steroid dienone is 2. The Morgan fingerprint density at radius 3 is 2.69 bits per heavy atom. The van der Waals surface area contributed by atoms with Crippen molar-refractivity contribution in [2.45, 2.75) is 53.2 Å². The van der Waals surface area contributed by atoms with Crippen LogP contribution in [-0.4, -0.2) is 28.0 Å². The maximum atomic E-state index is 12.3. The fourth-order valence-corrected chi connectivity index (χ4v) is 4.09. The van der Waals surface area contributed by atoms with Crippen molar-refractivity contribution in [3.63, 3.8) is 0 Å². The van der Waals surface area contributed by atoms with Crippen LogP contribution in [0.25, 0.3) is 5.69 Å². The predicted octanol–water partition coefficient (Wildman–Crippen LogP) is 6.55. The average molecular weight is 531 g/mol. The number of hydrogen-bond donors (Lipinski definition) is 1. The van der Waals surface area contributed by atoms with E-state index in [4.69, 9.17) is 32.7 Å². The second-order valence-corrected chi connectivity index (χ2v) is 9.81. The molecule has 7 nitrogen and oxygen atoms in total. The maximum absolute atomic E-state index is 12.3. The standard InChI is InChI=1S/C27H32Cl2N4O3/c1-18(2)6-5-7-19(3)12-27(34)30-15-20-8-11-25(26(13-20)35-4)36-17-22-16-33(32-31-22)24-10-9-21(28)14-23(24)29/h6,8-11,13-14,16,19H,5,7,12,15,17H2,1-4H3,(H,30,34)/t19-/m1/s1. The number of hydrogen-bond acceptors (Lipinski definition) is 5. The number of rotatable bonds is 12. The van der Waals surface area contributed by atoms with Gasteiger partial charge in [-0.15, -0.1) is 5.10 Å². The van der Waals surface area contributed by atoms with Gasteiger partial charge < -0.3 is 14.8 Å². The molecule has 3 rings (SSSR count). The summed E-state index contributed by atoms with van der Waals surface area (Å²) in [6, 6.07) is 10.7. The summed E-state index contributed by atoms with van der Waals surface area (Å²) in [6.07, 6.45) is 6.46. The second kappa shape index (κ2) is 13.3. The zero-order chi connectivity index (χ0) is 26.1. The summed E-state index contributed by atoms with van der Waals surface area (Å²) in [5.41, 5.74) is 3.53. The third-order valence-corrected chi connectivity index (χ3v) is 6.07. The van der Waals surface area contributed by atoms with Gasteiger partial charge in [0.1, 0.15) is 12.3 Å². The molecule has 1 atom stereocenters. The molecule has 0 radical (unpaired) electrons. The second-order valence-electron chi connectivity index (χ2n) is 8.97. The van der Waals surface area contributed by atoms with Gasteiger partial charge in [-0.25, -0.2) is 4.68 Å². The Morgan fingerprint density at radius 1 is 1.17 bits per heavy atom. The van der Waals surface area contributed by atoms with E-state index in [9.17, 15) is 4.79 Å². The normalized spacial score (nSPS) is 11.6. The smallest absolute Gasteiger partial charge is 0.220 e. The molecule has 36 heavy (non-hydrogen) atoms. The lowest BCUT2D eigenvalue weighted by Gasteiger charge is -2.13. The van der Waals surface area contributed by atoms with Crippen LogP contribution in [0, 0.1) is 5.92 Å². The highest BCUT2D eigenvalue weighted by atomic mass is 35.5. The van der Waals surface area contributed by atoms with E-state index in [-0.39, 0.29) is 12.5 Å². The fourth-order valence-electron chi connectivity index (χ4n) is 3.59. The van der Waals surface area contributed by atoms with Gasteiger partial charge in [0, 0.05) is 18.0 Å². The van der Waals surface area contributed by atoms with Gasteiger partial charge in [-0.05, 0) is 68.5 Å². The Morgan fingerprint density at radius 2 is 1.97 bits per heavy atom. The molecule has 3 aromatic rings. The average Bonchev–Trinajstić information content (AvgIpc) is 3.30. The van der Waals surface area contributed by atoms with Crippen LogP contribution < -0.4 is 14.8 Å². The molecule has 0 aliphatic heterocycles. The van der Waals surface area contributed by atoms with E-state index < -0.39 is 0 Å². The van der Waals surface area contributed by atoms with Gasteiger partial charge in [-0.3, -0.25) is 4.79 Å². The van der Waals surface area contributed by atoms with Crippen molar-refractivity contribution in [2.24, 2.45) is 5.92 Å². The first-order valence-electron chi connectivity index (χ1n) is 11.8. The topological polar surface area (TPSA) is 78.3 Å². The minimum atomic E-state index is 0.0443. The van der Waals surface area contributed by atoms with Crippen LogP contribution in [0.3, 0.4) is 0 Å². The Kier molecular flexibility index (Phi) is 10.2. The molecule has 0 saturated carbocycles. The summed E-state index contributed by atoms with van der Waals surface area (Å²) in [5.74, 6) is 1.52. The van der Waals surface area contributed by atoms with Crippen molar-refractivity contribution < 1.29 is 14.3 Å². The molecular weight excluding hydrogens is 499 g/mol. The van der Waals surface area contributed by atoms with E-state index in [1.54, 1.807) is 36.2 Å². The molecule has 0 spiro atoms. The molecular formula is C27H32Cl2N4O3. The molecule has 0 fully saturated rings. The van der Waals surface area contributed by atoms with Crippen molar-refractivity contribution in [1.82, 2.24) is 20.3 Å². The fraction of sp³-hybridized carbons (Fsp3) is 0.370. The zero-order valence-corrected chi connectivity index (χ0v) is 22.6. The first-order valence-corrected chi connectivity index (χ1v) is 12.6. The highest BCUT2D eigenvalue weighted by Gasteiger charge is 2.12. The van der Waals surface area contributed by atoms with Crippen LogP contribution in [0.1, 0.15) is 51.3 Å². The van der Waals surface area contributed by atoms with Crippen LogP contribution in [0.15, 0.2) is 54.2 Å². The van der Waals surface area contributed by atoms with Crippen molar-refractivity contribution in [1.29, 1.82) is 0 Å². The summed E-state index contributed by atoms with van der Waals surface area (Å²) in [6.45, 7) is 6.91. The number of carbonyl (C=O) groups is 1. The highest BCUT2D eigenvalue weighted by Crippen LogP contribution is 2.29. The van der Waals surface area contributed by atoms with Crippen LogP contribution in [0.4, 0.5) is 0 Å². The first-order chi connectivity index (χ1) is 17.2. The monoisotopic (exact) mass is 530 g/mol. The molecule has 2 aromatic carbocycles. The van der Waals surface area contributed by atoms with Crippen molar-refractivity contribution in [2.75, 3.05) is 7.11 Å². The molecule has 0 saturated heterocycles. The van der Waals surface area contributed by atoms with Gasteiger partial charge in [0.15, 0.2) is 11.5 Å². The highest BCUT2D eigenvalue weighted by molar-refractivity contribution is 6.35. The number of methoxy groups -OCH3 is 1. The number of benzene rings is 2. The van der Waals surface area contributed by atoms with Crippen molar-refractivity contribution in [3.05, 3.63) is 75.5 Å². The minimum Gasteiger partial charge on any atom is -0.493 e. The van der Waals surface area contributed by atoms with E-state index in [0.29, 0.717) is 51.8 Å². The molecule has 0 aliphatic rings. The lowest BCUT2D eigenvalue weighted by Crippen LogP contribution is -2.24. The number of aromatic nitrogens is 3. The quantitative estimate of drug-likeness (QED) is 0.268. The number of carbonyl (C=O) groups excluding carboxylic acids is 1. The minimum absolute atomic E-state index is 0.0443. The Bertz CT molecular complexity index is 1210. The SMILES string of the molecule is COc1cc(CNC(=O)C[C@H](C)CCC=C(C)C)ccc1OCc1cn(-c2ccc(Cl)cc2Cl)nn1. The third kappa shape index (κ3) is 8.28. The molecule has 1 amide bonds. The molecule has 1 N–H and O–H groups in total. The zero-order valence-electron chi connectivity index (χ0n) is 21.1. The molecule has 192 valence electrons. The van der Waals surface area contributed by atoms with Gasteiger partial charge in [-0.1, -0.05) is 53.1 Å². The summed E-state index contributed by atoms with van der Waals surface area (Å²) in [5, 5.41) is 12.3. The number of halogens is 2. The van der Waals surface area contributed by atoms with Crippen LogP contribution in [-0.2, 0) is 17.9 Å². The molecule has 0 unspecified atom stereocenters. The van der Waals surface area contributed by atoms with Crippen molar-refractivity contribution >= 4 is 29.1 Å².